The molecule has 130 valence electrons. The second-order valence-electron chi connectivity index (χ2n) is 5.94. The van der Waals surface area contributed by atoms with Crippen molar-refractivity contribution in [2.24, 2.45) is 0 Å². The van der Waals surface area contributed by atoms with Gasteiger partial charge in [0.25, 0.3) is 5.22 Å². The fourth-order valence-corrected chi connectivity index (χ4v) is 3.81. The largest absolute Gasteiger partial charge is 0.416 e. The van der Waals surface area contributed by atoms with Crippen LogP contribution in [0.5, 0.6) is 0 Å². The second kappa shape index (κ2) is 7.49. The lowest BCUT2D eigenvalue weighted by Crippen LogP contribution is -2.15. The number of carbonyl (C=O) groups excluding carboxylic acids is 1. The number of hydrogen-bond donors (Lipinski definition) is 0. The molecule has 0 bridgehead atoms. The Morgan fingerprint density at radius 2 is 2.08 bits per heavy atom. The minimum Gasteiger partial charge on any atom is -0.416 e. The number of carbonyl (C=O) groups is 1. The number of aromatic nitrogens is 3. The highest BCUT2D eigenvalue weighted by atomic mass is 32.2. The van der Waals surface area contributed by atoms with Crippen LogP contribution in [0, 0.1) is 20.8 Å². The third kappa shape index (κ3) is 4.35. The van der Waals surface area contributed by atoms with Gasteiger partial charge in [-0.2, -0.15) is 0 Å². The minimum atomic E-state index is -0.296. The Kier molecular flexibility index (Phi) is 5.34. The second-order valence-corrected chi connectivity index (χ2v) is 8.29. The number of Topliss-reactive ketones (excluding diaryl/α,β-unsaturated/α-hetero) is 1. The zero-order valence-electron chi connectivity index (χ0n) is 14.6. The lowest BCUT2D eigenvalue weighted by Gasteiger charge is -2.10. The van der Waals surface area contributed by atoms with E-state index in [0.717, 1.165) is 27.4 Å². The molecule has 0 aliphatic rings. The van der Waals surface area contributed by atoms with Crippen LogP contribution in [0.4, 0.5) is 0 Å². The maximum atomic E-state index is 12.7. The number of thiazole rings is 1. The fourth-order valence-electron chi connectivity index (χ4n) is 2.43. The summed E-state index contributed by atoms with van der Waals surface area (Å²) in [6, 6.07) is 5.91. The van der Waals surface area contributed by atoms with Gasteiger partial charge in [0.05, 0.1) is 22.4 Å². The average Bonchev–Trinajstić information content (AvgIpc) is 3.18. The Bertz CT molecular complexity index is 901. The molecular formula is C18H19N3O2S2. The molecule has 1 atom stereocenters. The predicted molar refractivity (Wildman–Crippen MR) is 99.5 cm³/mol. The lowest BCUT2D eigenvalue weighted by molar-refractivity contribution is 0.0993. The molecule has 0 spiro atoms. The average molecular weight is 374 g/mol. The van der Waals surface area contributed by atoms with Gasteiger partial charge in [0.2, 0.25) is 5.89 Å². The number of ketones is 1. The summed E-state index contributed by atoms with van der Waals surface area (Å²) in [6.07, 6.45) is 0.511. The van der Waals surface area contributed by atoms with Crippen LogP contribution >= 0.6 is 23.1 Å². The summed E-state index contributed by atoms with van der Waals surface area (Å²) in [6.45, 7) is 7.76. The number of hydrogen-bond acceptors (Lipinski definition) is 7. The summed E-state index contributed by atoms with van der Waals surface area (Å²) in [5.41, 5.74) is 3.72. The third-order valence-corrected chi connectivity index (χ3v) is 5.51. The van der Waals surface area contributed by atoms with E-state index in [1.165, 1.54) is 11.8 Å². The molecule has 1 aromatic carbocycles. The number of benzene rings is 1. The first-order valence-corrected chi connectivity index (χ1v) is 9.70. The molecular weight excluding hydrogens is 354 g/mol. The van der Waals surface area contributed by atoms with Crippen molar-refractivity contribution in [1.82, 2.24) is 15.2 Å². The Morgan fingerprint density at radius 1 is 1.28 bits per heavy atom. The van der Waals surface area contributed by atoms with Crippen LogP contribution in [-0.4, -0.2) is 26.2 Å². The molecule has 3 rings (SSSR count). The van der Waals surface area contributed by atoms with Crippen LogP contribution in [0.15, 0.2) is 33.2 Å². The Morgan fingerprint density at radius 3 is 2.80 bits per heavy atom. The first-order chi connectivity index (χ1) is 11.9. The minimum absolute atomic E-state index is 0.0704. The van der Waals surface area contributed by atoms with Crippen LogP contribution in [0.25, 0.3) is 0 Å². The fraction of sp³-hybridized carbons (Fsp3) is 0.333. The molecule has 0 N–H and O–H groups in total. The summed E-state index contributed by atoms with van der Waals surface area (Å²) in [4.78, 5) is 17.1. The van der Waals surface area contributed by atoms with E-state index < -0.39 is 0 Å². The monoisotopic (exact) mass is 373 g/mol. The summed E-state index contributed by atoms with van der Waals surface area (Å²) >= 11 is 2.88. The molecule has 2 heterocycles. The van der Waals surface area contributed by atoms with Crippen molar-refractivity contribution >= 4 is 28.9 Å². The molecule has 5 nitrogen and oxygen atoms in total. The van der Waals surface area contributed by atoms with E-state index in [4.69, 9.17) is 4.42 Å². The number of thioether (sulfide) groups is 1. The number of aryl methyl sites for hydroxylation is 3. The zero-order valence-corrected chi connectivity index (χ0v) is 16.2. The van der Waals surface area contributed by atoms with E-state index in [2.05, 4.69) is 15.2 Å². The van der Waals surface area contributed by atoms with Crippen molar-refractivity contribution < 1.29 is 9.21 Å². The standard InChI is InChI=1S/C18H19N3O2S2/c1-10-5-6-11(2)15(7-10)17(22)12(3)25-18-21-20-16(23-18)8-14-9-24-13(4)19-14/h5-7,9,12H,8H2,1-4H3/t12-/m0/s1. The first kappa shape index (κ1) is 17.8. The molecule has 0 radical (unpaired) electrons. The quantitative estimate of drug-likeness (QED) is 0.471. The Hall–Kier alpha value is -1.99. The highest BCUT2D eigenvalue weighted by Gasteiger charge is 2.21. The van der Waals surface area contributed by atoms with Crippen LogP contribution in [0.3, 0.4) is 0 Å². The number of nitrogens with zero attached hydrogens (tertiary/aromatic N) is 3. The van der Waals surface area contributed by atoms with Gasteiger partial charge in [0.15, 0.2) is 5.78 Å². The molecule has 0 aliphatic heterocycles. The van der Waals surface area contributed by atoms with Crippen molar-refractivity contribution in [2.75, 3.05) is 0 Å². The molecule has 0 saturated carbocycles. The molecule has 2 aromatic heterocycles. The van der Waals surface area contributed by atoms with E-state index >= 15 is 0 Å². The molecule has 0 saturated heterocycles. The summed E-state index contributed by atoms with van der Waals surface area (Å²) < 4.78 is 5.66. The van der Waals surface area contributed by atoms with Gasteiger partial charge in [-0.25, -0.2) is 4.98 Å². The highest BCUT2D eigenvalue weighted by Crippen LogP contribution is 2.26. The first-order valence-electron chi connectivity index (χ1n) is 7.94. The van der Waals surface area contributed by atoms with E-state index in [1.807, 2.05) is 51.3 Å². The van der Waals surface area contributed by atoms with Gasteiger partial charge in [-0.15, -0.1) is 21.5 Å². The van der Waals surface area contributed by atoms with Crippen molar-refractivity contribution in [3.8, 4) is 0 Å². The van der Waals surface area contributed by atoms with Crippen molar-refractivity contribution in [3.05, 3.63) is 56.9 Å². The third-order valence-electron chi connectivity index (χ3n) is 3.75. The van der Waals surface area contributed by atoms with Gasteiger partial charge in [-0.05, 0) is 39.3 Å². The summed E-state index contributed by atoms with van der Waals surface area (Å²) in [5, 5.41) is 11.2. The van der Waals surface area contributed by atoms with E-state index in [0.29, 0.717) is 17.5 Å². The van der Waals surface area contributed by atoms with E-state index in [9.17, 15) is 4.79 Å². The van der Waals surface area contributed by atoms with Crippen molar-refractivity contribution in [3.63, 3.8) is 0 Å². The van der Waals surface area contributed by atoms with Crippen LogP contribution in [-0.2, 0) is 6.42 Å². The topological polar surface area (TPSA) is 68.9 Å². The van der Waals surface area contributed by atoms with E-state index in [1.54, 1.807) is 11.3 Å². The van der Waals surface area contributed by atoms with Gasteiger partial charge in [0.1, 0.15) is 0 Å². The van der Waals surface area contributed by atoms with Crippen LogP contribution in [0.1, 0.15) is 45.0 Å². The predicted octanol–water partition coefficient (Wildman–Crippen LogP) is 4.41. The Labute approximate surface area is 154 Å². The smallest absolute Gasteiger partial charge is 0.277 e. The Balaban J connectivity index is 1.67. The normalized spacial score (nSPS) is 12.3. The zero-order chi connectivity index (χ0) is 18.0. The van der Waals surface area contributed by atoms with Gasteiger partial charge in [0, 0.05) is 10.9 Å². The molecule has 0 unspecified atom stereocenters. The highest BCUT2D eigenvalue weighted by molar-refractivity contribution is 8.00. The molecule has 7 heteroatoms. The number of rotatable bonds is 6. The summed E-state index contributed by atoms with van der Waals surface area (Å²) in [5.74, 6) is 0.584. The molecule has 0 amide bonds. The molecule has 3 aromatic rings. The van der Waals surface area contributed by atoms with Gasteiger partial charge in [-0.3, -0.25) is 4.79 Å². The molecule has 0 aliphatic carbocycles. The van der Waals surface area contributed by atoms with E-state index in [-0.39, 0.29) is 11.0 Å². The van der Waals surface area contributed by atoms with Gasteiger partial charge in [-0.1, -0.05) is 29.5 Å². The summed E-state index contributed by atoms with van der Waals surface area (Å²) in [7, 11) is 0. The van der Waals surface area contributed by atoms with Gasteiger partial charge >= 0.3 is 0 Å². The molecule has 0 fully saturated rings. The van der Waals surface area contributed by atoms with Crippen LogP contribution < -0.4 is 0 Å². The maximum absolute atomic E-state index is 12.7. The molecule has 25 heavy (non-hydrogen) atoms. The van der Waals surface area contributed by atoms with Gasteiger partial charge < -0.3 is 4.42 Å². The lowest BCUT2D eigenvalue weighted by atomic mass is 10.0. The van der Waals surface area contributed by atoms with Crippen molar-refractivity contribution in [1.29, 1.82) is 0 Å². The van der Waals surface area contributed by atoms with Crippen LogP contribution in [0.2, 0.25) is 0 Å². The SMILES string of the molecule is Cc1ccc(C)c(C(=O)[C@H](C)Sc2nnc(Cc3csc(C)n3)o2)c1. The maximum Gasteiger partial charge on any atom is 0.277 e. The van der Waals surface area contributed by atoms with Crippen molar-refractivity contribution in [2.45, 2.75) is 44.6 Å².